The summed E-state index contributed by atoms with van der Waals surface area (Å²) >= 11 is 0. The Morgan fingerprint density at radius 3 is 2.34 bits per heavy atom. The molecule has 0 aromatic heterocycles. The maximum absolute atomic E-state index is 13.6. The fourth-order valence-corrected chi connectivity index (χ4v) is 4.11. The zero-order valence-corrected chi connectivity index (χ0v) is 17.2. The lowest BCUT2D eigenvalue weighted by molar-refractivity contribution is -0.385. The molecule has 0 radical (unpaired) electrons. The molecule has 1 aliphatic heterocycles. The molecule has 1 atom stereocenters. The summed E-state index contributed by atoms with van der Waals surface area (Å²) in [6.45, 7) is 0. The second-order valence-corrected chi connectivity index (χ2v) is 8.54. The van der Waals surface area contributed by atoms with Gasteiger partial charge in [0.15, 0.2) is 0 Å². The number of nitro groups is 1. The number of hydrogen-bond acceptors (Lipinski definition) is 6. The van der Waals surface area contributed by atoms with E-state index in [1.165, 1.54) is 36.4 Å². The van der Waals surface area contributed by atoms with Crippen LogP contribution in [0.25, 0.3) is 0 Å². The minimum absolute atomic E-state index is 0.0423. The molecule has 11 heteroatoms. The molecule has 0 saturated carbocycles. The first-order valence-electron chi connectivity index (χ1n) is 9.28. The van der Waals surface area contributed by atoms with Gasteiger partial charge in [-0.25, -0.2) is 13.6 Å². The van der Waals surface area contributed by atoms with Gasteiger partial charge >= 0.3 is 0 Å². The Labute approximate surface area is 182 Å². The van der Waals surface area contributed by atoms with Gasteiger partial charge in [-0.1, -0.05) is 42.5 Å². The van der Waals surface area contributed by atoms with Crippen LogP contribution < -0.4 is 15.4 Å². The first-order valence-corrected chi connectivity index (χ1v) is 10.8. The van der Waals surface area contributed by atoms with E-state index in [0.29, 0.717) is 5.56 Å². The van der Waals surface area contributed by atoms with Crippen molar-refractivity contribution >= 4 is 38.9 Å². The molecule has 162 valence electrons. The van der Waals surface area contributed by atoms with Crippen LogP contribution >= 0.6 is 0 Å². The highest BCUT2D eigenvalue weighted by Crippen LogP contribution is 2.41. The molecule has 10 nitrogen and oxygen atoms in total. The number of anilines is 2. The van der Waals surface area contributed by atoms with Crippen LogP contribution in [0, 0.1) is 10.1 Å². The molecule has 32 heavy (non-hydrogen) atoms. The molecule has 3 N–H and O–H groups in total. The number of nitro benzene ring substituents is 1. The highest BCUT2D eigenvalue weighted by Gasteiger charge is 2.40. The van der Waals surface area contributed by atoms with Gasteiger partial charge in [-0.2, -0.15) is 0 Å². The lowest BCUT2D eigenvalue weighted by Gasteiger charge is -2.36. The molecule has 0 saturated heterocycles. The van der Waals surface area contributed by atoms with Crippen LogP contribution in [0.3, 0.4) is 0 Å². The summed E-state index contributed by atoms with van der Waals surface area (Å²) in [6, 6.07) is 16.3. The van der Waals surface area contributed by atoms with E-state index in [1.54, 1.807) is 30.3 Å². The summed E-state index contributed by atoms with van der Waals surface area (Å²) in [7, 11) is -4.07. The molecule has 0 bridgehead atoms. The first kappa shape index (κ1) is 21.2. The van der Waals surface area contributed by atoms with Crippen LogP contribution in [0.4, 0.5) is 17.1 Å². The lowest BCUT2D eigenvalue weighted by atomic mass is 9.98. The summed E-state index contributed by atoms with van der Waals surface area (Å²) < 4.78 is 23.5. The van der Waals surface area contributed by atoms with Gasteiger partial charge in [-0.15, -0.1) is 0 Å². The van der Waals surface area contributed by atoms with Crippen molar-refractivity contribution in [3.8, 4) is 0 Å². The van der Waals surface area contributed by atoms with E-state index in [9.17, 15) is 28.1 Å². The molecular weight excluding hydrogens is 436 g/mol. The van der Waals surface area contributed by atoms with Crippen molar-refractivity contribution in [3.63, 3.8) is 0 Å². The number of fused-ring (bicyclic) bond motifs is 1. The number of nitrogens with two attached hydrogens (primary N) is 1. The van der Waals surface area contributed by atoms with Gasteiger partial charge in [0.05, 0.1) is 21.2 Å². The smallest absolute Gasteiger partial charge is 0.282 e. The van der Waals surface area contributed by atoms with E-state index in [0.717, 1.165) is 11.0 Å². The first-order chi connectivity index (χ1) is 15.2. The Kier molecular flexibility index (Phi) is 5.20. The monoisotopic (exact) mass is 452 g/mol. The third-order valence-corrected chi connectivity index (χ3v) is 5.90. The van der Waals surface area contributed by atoms with E-state index in [2.05, 4.69) is 5.32 Å². The number of nitrogens with one attached hydrogen (secondary N) is 1. The van der Waals surface area contributed by atoms with Crippen molar-refractivity contribution in [3.05, 3.63) is 94.0 Å². The Morgan fingerprint density at radius 1 is 1.03 bits per heavy atom. The van der Waals surface area contributed by atoms with Crippen molar-refractivity contribution in [2.45, 2.75) is 10.9 Å². The highest BCUT2D eigenvalue weighted by molar-refractivity contribution is 7.89. The Balaban J connectivity index is 1.94. The van der Waals surface area contributed by atoms with Gasteiger partial charge < -0.3 is 5.32 Å². The third-order valence-electron chi connectivity index (χ3n) is 4.99. The van der Waals surface area contributed by atoms with Crippen molar-refractivity contribution in [2.75, 3.05) is 10.2 Å². The fourth-order valence-electron chi connectivity index (χ4n) is 3.57. The standard InChI is InChI=1S/C21H16N4O6S/c22-32(30,31)14-10-11-18-16(12-14)23-20(26)19(13-6-2-1-3-7-13)24(18)21(27)15-8-4-5-9-17(15)25(28)29/h1-12,19H,(H,23,26)(H2,22,30,31). The SMILES string of the molecule is NS(=O)(=O)c1ccc2c(c1)NC(=O)C(c1ccccc1)N2C(=O)c1ccccc1[N+](=O)[O-]. The average molecular weight is 452 g/mol. The quantitative estimate of drug-likeness (QED) is 0.458. The number of carbonyl (C=O) groups excluding carboxylic acids is 2. The molecule has 0 fully saturated rings. The number of hydrogen-bond donors (Lipinski definition) is 2. The number of benzene rings is 3. The van der Waals surface area contributed by atoms with Crippen LogP contribution in [-0.2, 0) is 14.8 Å². The highest BCUT2D eigenvalue weighted by atomic mass is 32.2. The zero-order chi connectivity index (χ0) is 23.0. The normalized spacial score (nSPS) is 15.6. The van der Waals surface area contributed by atoms with Gasteiger partial charge in [-0.3, -0.25) is 24.6 Å². The number of amides is 2. The van der Waals surface area contributed by atoms with Crippen molar-refractivity contribution in [2.24, 2.45) is 5.14 Å². The van der Waals surface area contributed by atoms with Gasteiger partial charge in [0.25, 0.3) is 17.5 Å². The minimum atomic E-state index is -4.07. The predicted octanol–water partition coefficient (Wildman–Crippen LogP) is 2.58. The van der Waals surface area contributed by atoms with Crippen molar-refractivity contribution in [1.29, 1.82) is 0 Å². The molecule has 3 aromatic rings. The van der Waals surface area contributed by atoms with E-state index in [1.807, 2.05) is 0 Å². The molecule has 1 unspecified atom stereocenters. The molecule has 3 aromatic carbocycles. The van der Waals surface area contributed by atoms with Crippen molar-refractivity contribution < 1.29 is 22.9 Å². The minimum Gasteiger partial charge on any atom is -0.322 e. The lowest BCUT2D eigenvalue weighted by Crippen LogP contribution is -2.45. The Hall–Kier alpha value is -4.09. The van der Waals surface area contributed by atoms with Crippen LogP contribution in [-0.4, -0.2) is 25.2 Å². The van der Waals surface area contributed by atoms with E-state index < -0.39 is 38.5 Å². The summed E-state index contributed by atoms with van der Waals surface area (Å²) in [5, 5.41) is 19.3. The summed E-state index contributed by atoms with van der Waals surface area (Å²) in [5.41, 5.74) is 0.0559. The van der Waals surface area contributed by atoms with Crippen molar-refractivity contribution in [1.82, 2.24) is 0 Å². The molecule has 4 rings (SSSR count). The van der Waals surface area contributed by atoms with E-state index >= 15 is 0 Å². The second-order valence-electron chi connectivity index (χ2n) is 6.98. The number of rotatable bonds is 4. The number of para-hydroxylation sites is 1. The topological polar surface area (TPSA) is 153 Å². The maximum atomic E-state index is 13.6. The third kappa shape index (κ3) is 3.70. The van der Waals surface area contributed by atoms with E-state index in [4.69, 9.17) is 5.14 Å². The number of nitrogens with zero attached hydrogens (tertiary/aromatic N) is 2. The Bertz CT molecular complexity index is 1360. The van der Waals surface area contributed by atoms with Crippen LogP contribution in [0.5, 0.6) is 0 Å². The molecule has 1 aliphatic rings. The molecular formula is C21H16N4O6S. The van der Waals surface area contributed by atoms with Crippen LogP contribution in [0.15, 0.2) is 77.7 Å². The molecule has 1 heterocycles. The average Bonchev–Trinajstić information content (AvgIpc) is 2.77. The van der Waals surface area contributed by atoms with Gasteiger partial charge in [0, 0.05) is 6.07 Å². The second kappa shape index (κ2) is 7.87. The number of carbonyl (C=O) groups is 2. The number of primary sulfonamides is 1. The summed E-state index contributed by atoms with van der Waals surface area (Å²) in [5.74, 6) is -1.40. The van der Waals surface area contributed by atoms with Crippen LogP contribution in [0.1, 0.15) is 22.0 Å². The van der Waals surface area contributed by atoms with Crippen LogP contribution in [0.2, 0.25) is 0 Å². The van der Waals surface area contributed by atoms with Gasteiger partial charge in [0.2, 0.25) is 10.0 Å². The summed E-state index contributed by atoms with van der Waals surface area (Å²) in [6.07, 6.45) is 0. The fraction of sp³-hybridized carbons (Fsp3) is 0.0476. The largest absolute Gasteiger partial charge is 0.322 e. The molecule has 0 spiro atoms. The molecule has 0 aliphatic carbocycles. The summed E-state index contributed by atoms with van der Waals surface area (Å²) in [4.78, 5) is 38.3. The van der Waals surface area contributed by atoms with Gasteiger partial charge in [0.1, 0.15) is 11.6 Å². The number of sulfonamides is 1. The Morgan fingerprint density at radius 2 is 1.69 bits per heavy atom. The predicted molar refractivity (Wildman–Crippen MR) is 116 cm³/mol. The zero-order valence-electron chi connectivity index (χ0n) is 16.3. The van der Waals surface area contributed by atoms with Gasteiger partial charge in [-0.05, 0) is 29.8 Å². The van der Waals surface area contributed by atoms with E-state index in [-0.39, 0.29) is 21.8 Å². The maximum Gasteiger partial charge on any atom is 0.282 e. The molecule has 2 amide bonds.